The van der Waals surface area contributed by atoms with Crippen LogP contribution in [-0.4, -0.2) is 15.3 Å². The number of halogens is 1. The Hall–Kier alpha value is -3.19. The van der Waals surface area contributed by atoms with Crippen LogP contribution in [0.4, 0.5) is 5.82 Å². The van der Waals surface area contributed by atoms with E-state index >= 15 is 0 Å². The molecule has 29 heavy (non-hydrogen) atoms. The number of carbonyl (C=O) groups excluding carboxylic acids is 1. The molecule has 0 atom stereocenters. The summed E-state index contributed by atoms with van der Waals surface area (Å²) in [6, 6.07) is 27.8. The van der Waals surface area contributed by atoms with Crippen molar-refractivity contribution in [3.05, 3.63) is 100 Å². The van der Waals surface area contributed by atoms with Gasteiger partial charge in [-0.1, -0.05) is 54.6 Å². The quantitative estimate of drug-likeness (QED) is 0.316. The second-order valence-electron chi connectivity index (χ2n) is 6.73. The number of aromatic nitrogens is 2. The summed E-state index contributed by atoms with van der Waals surface area (Å²) in [5.41, 5.74) is 3.14. The van der Waals surface area contributed by atoms with Crippen molar-refractivity contribution < 1.29 is 4.79 Å². The second-order valence-corrected chi connectivity index (χ2v) is 7.90. The van der Waals surface area contributed by atoms with Gasteiger partial charge in [-0.05, 0) is 63.7 Å². The second kappa shape index (κ2) is 7.33. The monoisotopic (exact) mass is 489 g/mol. The van der Waals surface area contributed by atoms with E-state index in [4.69, 9.17) is 4.98 Å². The topological polar surface area (TPSA) is 46.4 Å². The molecule has 3 aromatic carbocycles. The van der Waals surface area contributed by atoms with Crippen LogP contribution in [0.2, 0.25) is 0 Å². The van der Waals surface area contributed by atoms with Crippen LogP contribution in [0.1, 0.15) is 10.4 Å². The number of imidazole rings is 1. The molecular formula is C24H16IN3O. The SMILES string of the molecule is O=C(Nc1c(-c2ccc3ccccc3c2)nc2ccccn12)c1ccccc1I. The molecule has 0 aliphatic carbocycles. The molecule has 1 amide bonds. The van der Waals surface area contributed by atoms with E-state index in [0.29, 0.717) is 11.4 Å². The first-order valence-electron chi connectivity index (χ1n) is 9.23. The first-order valence-corrected chi connectivity index (χ1v) is 10.3. The van der Waals surface area contributed by atoms with Gasteiger partial charge in [-0.3, -0.25) is 9.20 Å². The largest absolute Gasteiger partial charge is 0.306 e. The summed E-state index contributed by atoms with van der Waals surface area (Å²) in [7, 11) is 0. The van der Waals surface area contributed by atoms with Crippen molar-refractivity contribution in [1.29, 1.82) is 0 Å². The number of hydrogen-bond donors (Lipinski definition) is 1. The van der Waals surface area contributed by atoms with Crippen molar-refractivity contribution >= 4 is 50.7 Å². The molecule has 0 unspecified atom stereocenters. The van der Waals surface area contributed by atoms with Crippen molar-refractivity contribution in [2.75, 3.05) is 5.32 Å². The summed E-state index contributed by atoms with van der Waals surface area (Å²) in [4.78, 5) is 17.8. The molecule has 1 N–H and O–H groups in total. The third-order valence-corrected chi connectivity index (χ3v) is 5.84. The molecule has 0 fully saturated rings. The molecule has 0 aliphatic heterocycles. The minimum absolute atomic E-state index is 0.150. The van der Waals surface area contributed by atoms with E-state index in [0.717, 1.165) is 25.9 Å². The van der Waals surface area contributed by atoms with E-state index in [1.165, 1.54) is 5.39 Å². The van der Waals surface area contributed by atoms with Crippen LogP contribution in [0.25, 0.3) is 27.7 Å². The number of hydrogen-bond acceptors (Lipinski definition) is 2. The first-order chi connectivity index (χ1) is 14.2. The standard InChI is InChI=1S/C24H16IN3O/c25-20-10-4-3-9-19(20)24(29)27-23-22(26-21-11-5-6-14-28(21)23)18-13-12-16-7-1-2-8-17(16)15-18/h1-15H,(H,27,29). The van der Waals surface area contributed by atoms with E-state index in [1.54, 1.807) is 0 Å². The van der Waals surface area contributed by atoms with Gasteiger partial charge in [0.2, 0.25) is 0 Å². The maximum Gasteiger partial charge on any atom is 0.257 e. The maximum atomic E-state index is 13.0. The van der Waals surface area contributed by atoms with Crippen LogP contribution in [0.15, 0.2) is 91.1 Å². The summed E-state index contributed by atoms with van der Waals surface area (Å²) in [6.45, 7) is 0. The fourth-order valence-electron chi connectivity index (χ4n) is 3.47. The van der Waals surface area contributed by atoms with Gasteiger partial charge in [0.25, 0.3) is 5.91 Å². The van der Waals surface area contributed by atoms with Gasteiger partial charge in [-0.2, -0.15) is 0 Å². The van der Waals surface area contributed by atoms with Crippen LogP contribution < -0.4 is 5.32 Å². The molecule has 0 spiro atoms. The van der Waals surface area contributed by atoms with Gasteiger partial charge >= 0.3 is 0 Å². The summed E-state index contributed by atoms with van der Waals surface area (Å²) in [5.74, 6) is 0.517. The molecule has 4 nitrogen and oxygen atoms in total. The number of pyridine rings is 1. The van der Waals surface area contributed by atoms with E-state index in [9.17, 15) is 4.79 Å². The minimum Gasteiger partial charge on any atom is -0.306 e. The van der Waals surface area contributed by atoms with Crippen molar-refractivity contribution in [1.82, 2.24) is 9.38 Å². The van der Waals surface area contributed by atoms with Gasteiger partial charge in [0.05, 0.1) is 5.56 Å². The molecule has 5 rings (SSSR count). The smallest absolute Gasteiger partial charge is 0.257 e. The summed E-state index contributed by atoms with van der Waals surface area (Å²) in [5, 5.41) is 5.40. The zero-order valence-corrected chi connectivity index (χ0v) is 17.5. The maximum absolute atomic E-state index is 13.0. The first kappa shape index (κ1) is 17.9. The molecule has 2 heterocycles. The summed E-state index contributed by atoms with van der Waals surface area (Å²) in [6.07, 6.45) is 1.92. The molecule has 2 aromatic heterocycles. The third-order valence-electron chi connectivity index (χ3n) is 4.90. The van der Waals surface area contributed by atoms with E-state index < -0.39 is 0 Å². The Bertz CT molecular complexity index is 1370. The lowest BCUT2D eigenvalue weighted by molar-refractivity contribution is 0.102. The molecule has 5 heteroatoms. The van der Waals surface area contributed by atoms with Gasteiger partial charge in [0, 0.05) is 15.3 Å². The summed E-state index contributed by atoms with van der Waals surface area (Å²) >= 11 is 2.18. The summed E-state index contributed by atoms with van der Waals surface area (Å²) < 4.78 is 2.82. The molecule has 0 saturated carbocycles. The predicted molar refractivity (Wildman–Crippen MR) is 125 cm³/mol. The lowest BCUT2D eigenvalue weighted by Gasteiger charge is -2.09. The average molecular weight is 489 g/mol. The normalized spacial score (nSPS) is 11.1. The predicted octanol–water partition coefficient (Wildman–Crippen LogP) is 6.01. The zero-order chi connectivity index (χ0) is 19.8. The van der Waals surface area contributed by atoms with E-state index in [1.807, 2.05) is 71.3 Å². The van der Waals surface area contributed by atoms with Crippen molar-refractivity contribution in [2.24, 2.45) is 0 Å². The Balaban J connectivity index is 1.66. The van der Waals surface area contributed by atoms with Crippen molar-refractivity contribution in [3.63, 3.8) is 0 Å². The Morgan fingerprint density at radius 3 is 2.48 bits per heavy atom. The molecule has 0 saturated heterocycles. The molecule has 0 radical (unpaired) electrons. The zero-order valence-electron chi connectivity index (χ0n) is 15.3. The van der Waals surface area contributed by atoms with Crippen LogP contribution in [0.5, 0.6) is 0 Å². The van der Waals surface area contributed by atoms with Gasteiger partial charge < -0.3 is 5.32 Å². The van der Waals surface area contributed by atoms with E-state index in [2.05, 4.69) is 52.2 Å². The fraction of sp³-hybridized carbons (Fsp3) is 0. The van der Waals surface area contributed by atoms with Gasteiger partial charge in [-0.25, -0.2) is 4.98 Å². The van der Waals surface area contributed by atoms with Gasteiger partial charge in [0.15, 0.2) is 0 Å². The van der Waals surface area contributed by atoms with Crippen molar-refractivity contribution in [2.45, 2.75) is 0 Å². The number of benzene rings is 3. The number of nitrogens with one attached hydrogen (secondary N) is 1. The Kier molecular flexibility index (Phi) is 4.52. The van der Waals surface area contributed by atoms with E-state index in [-0.39, 0.29) is 5.91 Å². The fourth-order valence-corrected chi connectivity index (χ4v) is 4.11. The average Bonchev–Trinajstić information content (AvgIpc) is 3.12. The third kappa shape index (κ3) is 3.27. The lowest BCUT2D eigenvalue weighted by atomic mass is 10.0. The van der Waals surface area contributed by atoms with Crippen LogP contribution in [0, 0.1) is 3.57 Å². The van der Waals surface area contributed by atoms with Crippen LogP contribution in [0.3, 0.4) is 0 Å². The molecular weight excluding hydrogens is 473 g/mol. The highest BCUT2D eigenvalue weighted by Gasteiger charge is 2.18. The number of carbonyl (C=O) groups is 1. The number of amides is 1. The van der Waals surface area contributed by atoms with Crippen LogP contribution in [-0.2, 0) is 0 Å². The van der Waals surface area contributed by atoms with Gasteiger partial charge in [-0.15, -0.1) is 0 Å². The molecule has 0 bridgehead atoms. The Morgan fingerprint density at radius 2 is 1.62 bits per heavy atom. The number of rotatable bonds is 3. The van der Waals surface area contributed by atoms with Gasteiger partial charge in [0.1, 0.15) is 17.2 Å². The van der Waals surface area contributed by atoms with Crippen LogP contribution >= 0.6 is 22.6 Å². The highest BCUT2D eigenvalue weighted by molar-refractivity contribution is 14.1. The number of nitrogens with zero attached hydrogens (tertiary/aromatic N) is 2. The Labute approximate surface area is 181 Å². The highest BCUT2D eigenvalue weighted by Crippen LogP contribution is 2.31. The molecule has 5 aromatic rings. The minimum atomic E-state index is -0.150. The number of anilines is 1. The Morgan fingerprint density at radius 1 is 0.862 bits per heavy atom. The number of fused-ring (bicyclic) bond motifs is 2. The van der Waals surface area contributed by atoms with Crippen molar-refractivity contribution in [3.8, 4) is 11.3 Å². The molecule has 0 aliphatic rings. The highest BCUT2D eigenvalue weighted by atomic mass is 127. The molecule has 140 valence electrons. The lowest BCUT2D eigenvalue weighted by Crippen LogP contribution is -2.15.